The summed E-state index contributed by atoms with van der Waals surface area (Å²) in [5.74, 6) is -1.98. The number of aliphatic hydroxyl groups is 1. The van der Waals surface area contributed by atoms with Crippen LogP contribution < -0.4 is 0 Å². The van der Waals surface area contributed by atoms with Gasteiger partial charge < -0.3 is 24.5 Å². The van der Waals surface area contributed by atoms with Gasteiger partial charge in [-0.15, -0.1) is 0 Å². The van der Waals surface area contributed by atoms with Gasteiger partial charge >= 0.3 is 0 Å². The third kappa shape index (κ3) is 5.64. The van der Waals surface area contributed by atoms with Crippen molar-refractivity contribution in [2.24, 2.45) is 17.3 Å². The Balaban J connectivity index is 1.58. The maximum absolute atomic E-state index is 14.9. The molecule has 0 bridgehead atoms. The van der Waals surface area contributed by atoms with Crippen LogP contribution in [0, 0.1) is 17.3 Å². The summed E-state index contributed by atoms with van der Waals surface area (Å²) < 4.78 is 7.14. The number of fused-ring (bicyclic) bond motifs is 2. The van der Waals surface area contributed by atoms with Crippen LogP contribution in [0.15, 0.2) is 54.6 Å². The van der Waals surface area contributed by atoms with Gasteiger partial charge in [0.05, 0.1) is 17.4 Å². The summed E-state index contributed by atoms with van der Waals surface area (Å²) in [5.41, 5.74) is -1.71. The van der Waals surface area contributed by atoms with E-state index in [1.807, 2.05) is 71.4 Å². The smallest absolute Gasteiger partial charge is 0.249 e. The minimum absolute atomic E-state index is 0.0156. The second-order valence-corrected chi connectivity index (χ2v) is 14.9. The van der Waals surface area contributed by atoms with E-state index in [1.165, 1.54) is 0 Å². The number of unbranched alkanes of at least 4 members (excludes halogenated alkanes) is 2. The molecular weight excluding hydrogens is 554 g/mol. The molecule has 1 aromatic carbocycles. The van der Waals surface area contributed by atoms with Crippen LogP contribution in [-0.4, -0.2) is 86.6 Å². The van der Waals surface area contributed by atoms with E-state index >= 15 is 0 Å². The highest BCUT2D eigenvalue weighted by molar-refractivity contribution is 6.00. The first kappa shape index (κ1) is 32.4. The van der Waals surface area contributed by atoms with Crippen molar-refractivity contribution in [3.8, 4) is 0 Å². The number of carbonyl (C=O) groups excluding carboxylic acids is 3. The van der Waals surface area contributed by atoms with Crippen LogP contribution in [0.3, 0.4) is 0 Å². The Hall–Kier alpha value is -2.97. The molecule has 5 rings (SSSR count). The van der Waals surface area contributed by atoms with Crippen LogP contribution in [-0.2, 0) is 25.7 Å². The van der Waals surface area contributed by atoms with Gasteiger partial charge in [0.15, 0.2) is 0 Å². The molecule has 4 aliphatic rings. The zero-order valence-corrected chi connectivity index (χ0v) is 27.4. The monoisotopic (exact) mass is 605 g/mol. The molecule has 4 heterocycles. The van der Waals surface area contributed by atoms with E-state index in [-0.39, 0.29) is 29.7 Å². The van der Waals surface area contributed by atoms with Crippen LogP contribution in [0.2, 0.25) is 0 Å². The minimum Gasteiger partial charge on any atom is -0.396 e. The van der Waals surface area contributed by atoms with Gasteiger partial charge in [-0.1, -0.05) is 82.3 Å². The second kappa shape index (κ2) is 12.1. The molecule has 0 aromatic heterocycles. The first-order valence-electron chi connectivity index (χ1n) is 16.4. The van der Waals surface area contributed by atoms with E-state index in [4.69, 9.17) is 4.74 Å². The van der Waals surface area contributed by atoms with Crippen molar-refractivity contribution in [3.63, 3.8) is 0 Å². The number of hydrogen-bond donors (Lipinski definition) is 1. The average molecular weight is 606 g/mol. The molecule has 0 saturated carbocycles. The average Bonchev–Trinajstić information content (AvgIpc) is 3.24. The van der Waals surface area contributed by atoms with E-state index < -0.39 is 34.6 Å². The molecule has 0 aliphatic carbocycles. The van der Waals surface area contributed by atoms with Crippen molar-refractivity contribution in [3.05, 3.63) is 60.2 Å². The van der Waals surface area contributed by atoms with Crippen LogP contribution in [0.5, 0.6) is 0 Å². The fourth-order valence-electron chi connectivity index (χ4n) is 8.50. The van der Waals surface area contributed by atoms with E-state index in [2.05, 4.69) is 34.6 Å². The van der Waals surface area contributed by atoms with E-state index in [0.29, 0.717) is 45.4 Å². The molecule has 8 heteroatoms. The zero-order chi connectivity index (χ0) is 31.9. The van der Waals surface area contributed by atoms with Gasteiger partial charge in [-0.05, 0) is 56.9 Å². The predicted octanol–water partition coefficient (Wildman–Crippen LogP) is 4.72. The summed E-state index contributed by atoms with van der Waals surface area (Å²) in [6, 6.07) is 9.03. The molecule has 1 spiro atoms. The summed E-state index contributed by atoms with van der Waals surface area (Å²) in [5, 5.41) is 9.38. The highest BCUT2D eigenvalue weighted by Crippen LogP contribution is 2.59. The van der Waals surface area contributed by atoms with Crippen LogP contribution >= 0.6 is 0 Å². The van der Waals surface area contributed by atoms with Gasteiger partial charge in [0.25, 0.3) is 0 Å². The number of amides is 3. The van der Waals surface area contributed by atoms with E-state index in [9.17, 15) is 19.5 Å². The highest BCUT2D eigenvalue weighted by Gasteiger charge is 2.75. The van der Waals surface area contributed by atoms with Crippen molar-refractivity contribution in [1.82, 2.24) is 14.7 Å². The molecule has 44 heavy (non-hydrogen) atoms. The van der Waals surface area contributed by atoms with Gasteiger partial charge in [-0.25, -0.2) is 0 Å². The summed E-state index contributed by atoms with van der Waals surface area (Å²) >= 11 is 0. The molecule has 0 radical (unpaired) electrons. The first-order chi connectivity index (χ1) is 20.8. The van der Waals surface area contributed by atoms with Crippen LogP contribution in [0.4, 0.5) is 0 Å². The third-order valence-corrected chi connectivity index (χ3v) is 9.99. The molecule has 1 aromatic rings. The normalized spacial score (nSPS) is 30.4. The SMILES string of the molecule is CC[C@@]12C=CCN(Cc3ccccc3)C(=O)[C@@H]1[C@H]1C(=O)N(CCCCCO)C3C(=O)N(C(C)(C)CC(C)(C)C)CC=C[C@@]31O2. The highest BCUT2D eigenvalue weighted by atomic mass is 16.5. The number of benzene rings is 1. The molecule has 1 N–H and O–H groups in total. The summed E-state index contributed by atoms with van der Waals surface area (Å²) in [7, 11) is 0. The van der Waals surface area contributed by atoms with Gasteiger partial charge in [0.2, 0.25) is 17.7 Å². The first-order valence-corrected chi connectivity index (χ1v) is 16.4. The molecular formula is C36H51N3O5. The van der Waals surface area contributed by atoms with Gasteiger partial charge in [-0.2, -0.15) is 0 Å². The standard InChI is InChI=1S/C36H51N3O5/c1-7-35-18-14-20-37(24-26-16-10-8-11-17-26)30(41)27(35)28-31(42)38(21-12-9-13-23-40)29-32(43)39(22-15-19-36(28,29)44-35)34(5,6)25-33(2,3)4/h8,10-11,14-19,27-29,40H,7,9,12-13,20-25H2,1-6H3/t27-,28-,29?,35+,36-/m0/s1. The van der Waals surface area contributed by atoms with Crippen LogP contribution in [0.25, 0.3) is 0 Å². The topological polar surface area (TPSA) is 90.4 Å². The van der Waals surface area contributed by atoms with E-state index in [1.54, 1.807) is 4.90 Å². The second-order valence-electron chi connectivity index (χ2n) is 14.9. The third-order valence-electron chi connectivity index (χ3n) is 9.99. The summed E-state index contributed by atoms with van der Waals surface area (Å²) in [6.07, 6.45) is 11.3. The lowest BCUT2D eigenvalue weighted by Gasteiger charge is -2.45. The lowest BCUT2D eigenvalue weighted by Crippen LogP contribution is -2.60. The van der Waals surface area contributed by atoms with Crippen molar-refractivity contribution in [2.45, 2.75) is 103 Å². The molecule has 8 nitrogen and oxygen atoms in total. The maximum atomic E-state index is 14.9. The van der Waals surface area contributed by atoms with Crippen molar-refractivity contribution < 1.29 is 24.2 Å². The number of likely N-dealkylation sites (tertiary alicyclic amines) is 1. The van der Waals surface area contributed by atoms with Crippen molar-refractivity contribution in [2.75, 3.05) is 26.2 Å². The number of carbonyl (C=O) groups is 3. The zero-order valence-electron chi connectivity index (χ0n) is 27.4. The minimum atomic E-state index is -1.26. The predicted molar refractivity (Wildman–Crippen MR) is 170 cm³/mol. The lowest BCUT2D eigenvalue weighted by molar-refractivity contribution is -0.157. The Morgan fingerprint density at radius 3 is 2.25 bits per heavy atom. The Labute approximate surface area is 263 Å². The van der Waals surface area contributed by atoms with Gasteiger partial charge in [0, 0.05) is 38.3 Å². The number of hydrogen-bond acceptors (Lipinski definition) is 5. The summed E-state index contributed by atoms with van der Waals surface area (Å²) in [6.45, 7) is 14.5. The molecule has 2 fully saturated rings. The van der Waals surface area contributed by atoms with Gasteiger partial charge in [0.1, 0.15) is 11.6 Å². The Morgan fingerprint density at radius 1 is 0.886 bits per heavy atom. The maximum Gasteiger partial charge on any atom is 0.249 e. The van der Waals surface area contributed by atoms with E-state index in [0.717, 1.165) is 18.4 Å². The van der Waals surface area contributed by atoms with Crippen molar-refractivity contribution in [1.29, 1.82) is 0 Å². The van der Waals surface area contributed by atoms with Gasteiger partial charge in [-0.3, -0.25) is 14.4 Å². The Morgan fingerprint density at radius 2 is 1.59 bits per heavy atom. The Kier molecular flexibility index (Phi) is 8.91. The number of ether oxygens (including phenoxy) is 1. The van der Waals surface area contributed by atoms with Crippen molar-refractivity contribution >= 4 is 17.7 Å². The molecule has 2 saturated heterocycles. The number of nitrogens with zero attached hydrogens (tertiary/aromatic N) is 3. The fourth-order valence-corrected chi connectivity index (χ4v) is 8.50. The lowest BCUT2D eigenvalue weighted by atomic mass is 9.72. The molecule has 1 unspecified atom stereocenters. The summed E-state index contributed by atoms with van der Waals surface area (Å²) in [4.78, 5) is 49.6. The molecule has 3 amide bonds. The molecule has 4 aliphatic heterocycles. The number of aliphatic hydroxyl groups excluding tert-OH is 1. The fraction of sp³-hybridized carbons (Fsp3) is 0.639. The Bertz CT molecular complexity index is 1300. The number of rotatable bonds is 10. The van der Waals surface area contributed by atoms with Crippen LogP contribution in [0.1, 0.15) is 79.2 Å². The molecule has 5 atom stereocenters. The molecule has 240 valence electrons. The largest absolute Gasteiger partial charge is 0.396 e. The quantitative estimate of drug-likeness (QED) is 0.308.